The number of nitrogens with one attached hydrogen (secondary N) is 5. The molecule has 0 saturated heterocycles. The van der Waals surface area contributed by atoms with Crippen LogP contribution in [0.1, 0.15) is 86.7 Å². The van der Waals surface area contributed by atoms with Crippen LogP contribution in [0.5, 0.6) is 11.5 Å². The first-order valence-corrected chi connectivity index (χ1v) is 27.8. The lowest BCUT2D eigenvalue weighted by molar-refractivity contribution is -0.141. The number of aryl methyl sites for hydroxylation is 4. The zero-order valence-corrected chi connectivity index (χ0v) is 46.7. The number of carbonyl (C=O) groups excluding carboxylic acids is 9. The molecule has 82 heavy (non-hydrogen) atoms. The van der Waals surface area contributed by atoms with Gasteiger partial charge in [0.1, 0.15) is 62.4 Å². The van der Waals surface area contributed by atoms with Gasteiger partial charge in [-0.05, 0) is 83.9 Å². The van der Waals surface area contributed by atoms with Gasteiger partial charge in [0.05, 0.1) is 41.9 Å². The van der Waals surface area contributed by atoms with Gasteiger partial charge in [0.25, 0.3) is 23.6 Å². The molecule has 1 aliphatic heterocycles. The molecule has 0 unspecified atom stereocenters. The summed E-state index contributed by atoms with van der Waals surface area (Å²) in [6, 6.07) is 6.39. The lowest BCUT2D eigenvalue weighted by Crippen LogP contribution is -2.54. The number of anilines is 2. The molecule has 7 rings (SSSR count). The Balaban J connectivity index is 1.12. The Morgan fingerprint density at radius 1 is 0.720 bits per heavy atom. The Morgan fingerprint density at radius 2 is 1.22 bits per heavy atom. The number of hydrogen-bond donors (Lipinski definition) is 7. The number of imide groups is 1. The minimum Gasteiger partial charge on any atom is -0.494 e. The van der Waals surface area contributed by atoms with E-state index in [9.17, 15) is 51.6 Å². The number of nitrogens with zero attached hydrogens (tertiary/aromatic N) is 9. The van der Waals surface area contributed by atoms with Crippen molar-refractivity contribution < 1.29 is 61.0 Å². The Morgan fingerprint density at radius 3 is 1.70 bits per heavy atom. The summed E-state index contributed by atoms with van der Waals surface area (Å²) in [5.41, 5.74) is 14.6. The molecule has 2 aromatic carbocycles. The van der Waals surface area contributed by atoms with E-state index in [1.165, 1.54) is 43.0 Å². The Kier molecular flexibility index (Phi) is 18.7. The van der Waals surface area contributed by atoms with Crippen molar-refractivity contribution in [3.63, 3.8) is 0 Å². The average molecular weight is 1150 g/mol. The highest BCUT2D eigenvalue weighted by atomic mass is 32.2. The van der Waals surface area contributed by atoms with Crippen LogP contribution in [-0.4, -0.2) is 156 Å². The maximum Gasteiger partial charge on any atom is 0.276 e. The predicted molar refractivity (Wildman–Crippen MR) is 296 cm³/mol. The van der Waals surface area contributed by atoms with E-state index < -0.39 is 87.4 Å². The van der Waals surface area contributed by atoms with E-state index in [1.54, 1.807) is 51.9 Å². The van der Waals surface area contributed by atoms with Crippen LogP contribution in [-0.2, 0) is 60.0 Å². The first kappa shape index (κ1) is 59.9. The fourth-order valence-electron chi connectivity index (χ4n) is 8.76. The molecule has 4 aromatic heterocycles. The van der Waals surface area contributed by atoms with Gasteiger partial charge in [-0.25, -0.2) is 18.4 Å². The summed E-state index contributed by atoms with van der Waals surface area (Å²) in [5.74, 6) is -6.56. The van der Waals surface area contributed by atoms with Gasteiger partial charge in [0.15, 0.2) is 0 Å². The third-order valence-electron chi connectivity index (χ3n) is 12.7. The van der Waals surface area contributed by atoms with E-state index in [1.807, 2.05) is 13.8 Å². The zero-order valence-electron chi connectivity index (χ0n) is 45.9. The van der Waals surface area contributed by atoms with Gasteiger partial charge in [-0.1, -0.05) is 12.2 Å². The van der Waals surface area contributed by atoms with Crippen molar-refractivity contribution in [3.05, 3.63) is 94.6 Å². The number of fused-ring (bicyclic) bond motifs is 2. The number of benzene rings is 2. The highest BCUT2D eigenvalue weighted by molar-refractivity contribution is 7.90. The second-order valence-corrected chi connectivity index (χ2v) is 21.2. The number of imidazole rings is 2. The van der Waals surface area contributed by atoms with Gasteiger partial charge < -0.3 is 46.0 Å². The molecule has 9 amide bonds. The summed E-state index contributed by atoms with van der Waals surface area (Å²) in [6.45, 7) is 8.59. The third-order valence-corrected chi connectivity index (χ3v) is 13.7. The zero-order chi connectivity index (χ0) is 59.7. The summed E-state index contributed by atoms with van der Waals surface area (Å²) < 4.78 is 42.3. The number of carbonyl (C=O) groups is 9. The number of methoxy groups -OCH3 is 1. The SMILES string of the molecule is CCn1nc(C)cc1C(=O)Nc1nc2cc(C(N)=O)cc(OC)c2n1C/C=C/Cn1c(NC(=O)c2cc(C)nn2CC)nc2cc(C(N)=O)cc(OCCCNC(=O)[C@H](C)NC(=O)[C@H](CCS(C)(=O)=O)NC(=O)CN3C(=O)C=CC3=O)c21. The maximum atomic E-state index is 14.0. The van der Waals surface area contributed by atoms with E-state index in [0.29, 0.717) is 45.9 Å². The first-order valence-electron chi connectivity index (χ1n) is 25.7. The number of ether oxygens (including phenoxy) is 2. The number of primary amides is 2. The Hall–Kier alpha value is -9.74. The smallest absolute Gasteiger partial charge is 0.276 e. The second kappa shape index (κ2) is 25.6. The van der Waals surface area contributed by atoms with Gasteiger partial charge in [-0.2, -0.15) is 10.2 Å². The Labute approximate surface area is 468 Å². The Bertz CT molecular complexity index is 3700. The molecule has 0 aliphatic carbocycles. The quantitative estimate of drug-likeness (QED) is 0.0211. The number of rotatable bonds is 27. The van der Waals surface area contributed by atoms with Crippen LogP contribution in [0.25, 0.3) is 22.1 Å². The molecule has 5 heterocycles. The van der Waals surface area contributed by atoms with Crippen LogP contribution >= 0.6 is 0 Å². The molecular weight excluding hydrogens is 1090 g/mol. The van der Waals surface area contributed by atoms with Crippen LogP contribution in [0, 0.1) is 13.8 Å². The predicted octanol–water partition coefficient (Wildman–Crippen LogP) is 0.637. The molecule has 9 N–H and O–H groups in total. The third kappa shape index (κ3) is 14.2. The fraction of sp³-hybridized carbons (Fsp3) is 0.365. The van der Waals surface area contributed by atoms with Crippen LogP contribution < -0.4 is 47.5 Å². The summed E-state index contributed by atoms with van der Waals surface area (Å²) in [7, 11) is -2.20. The number of nitrogens with two attached hydrogens (primary N) is 2. The summed E-state index contributed by atoms with van der Waals surface area (Å²) in [5, 5.41) is 22.0. The van der Waals surface area contributed by atoms with Gasteiger partial charge in [0.2, 0.25) is 41.4 Å². The van der Waals surface area contributed by atoms with E-state index in [2.05, 4.69) is 41.8 Å². The summed E-state index contributed by atoms with van der Waals surface area (Å²) >= 11 is 0. The molecule has 0 spiro atoms. The molecule has 0 bridgehead atoms. The van der Waals surface area contributed by atoms with E-state index in [-0.39, 0.29) is 90.5 Å². The van der Waals surface area contributed by atoms with Crippen molar-refractivity contribution in [3.8, 4) is 11.5 Å². The van der Waals surface area contributed by atoms with Crippen LogP contribution in [0.2, 0.25) is 0 Å². The van der Waals surface area contributed by atoms with Crippen molar-refractivity contribution in [1.29, 1.82) is 0 Å². The van der Waals surface area contributed by atoms with Crippen LogP contribution in [0.15, 0.2) is 60.7 Å². The molecule has 434 valence electrons. The molecule has 1 aliphatic rings. The minimum absolute atomic E-state index is 0.00440. The number of amides is 9. The maximum absolute atomic E-state index is 14.0. The number of sulfone groups is 1. The number of allylic oxidation sites excluding steroid dienone is 2. The molecular formula is C52H62N16O13S. The normalized spacial score (nSPS) is 13.2. The van der Waals surface area contributed by atoms with Crippen molar-refractivity contribution >= 4 is 97.0 Å². The second-order valence-electron chi connectivity index (χ2n) is 18.9. The molecule has 30 heteroatoms. The molecule has 0 fully saturated rings. The van der Waals surface area contributed by atoms with Gasteiger partial charge in [-0.3, -0.25) is 68.0 Å². The molecule has 6 aromatic rings. The average Bonchev–Trinajstić information content (AvgIpc) is 3.34. The van der Waals surface area contributed by atoms with E-state index in [4.69, 9.17) is 25.9 Å². The van der Waals surface area contributed by atoms with Crippen molar-refractivity contribution in [2.75, 3.05) is 49.4 Å². The molecule has 2 atom stereocenters. The number of aromatic nitrogens is 8. The molecule has 29 nitrogen and oxygen atoms in total. The topological polar surface area (TPSA) is 393 Å². The lowest BCUT2D eigenvalue weighted by Gasteiger charge is -2.22. The summed E-state index contributed by atoms with van der Waals surface area (Å²) in [4.78, 5) is 126. The van der Waals surface area contributed by atoms with Crippen LogP contribution in [0.4, 0.5) is 11.9 Å². The van der Waals surface area contributed by atoms with E-state index >= 15 is 0 Å². The summed E-state index contributed by atoms with van der Waals surface area (Å²) in [6.07, 6.45) is 6.16. The highest BCUT2D eigenvalue weighted by Gasteiger charge is 2.30. The van der Waals surface area contributed by atoms with Crippen LogP contribution in [0.3, 0.4) is 0 Å². The molecule has 0 radical (unpaired) electrons. The van der Waals surface area contributed by atoms with Crippen molar-refractivity contribution in [1.82, 2.24) is 59.5 Å². The minimum atomic E-state index is -3.62. The van der Waals surface area contributed by atoms with Crippen molar-refractivity contribution in [2.45, 2.75) is 85.7 Å². The highest BCUT2D eigenvalue weighted by Crippen LogP contribution is 2.33. The number of hydrogen-bond acceptors (Lipinski definition) is 17. The van der Waals surface area contributed by atoms with Crippen molar-refractivity contribution in [2.24, 2.45) is 11.5 Å². The van der Waals surface area contributed by atoms with E-state index in [0.717, 1.165) is 18.4 Å². The lowest BCUT2D eigenvalue weighted by atomic mass is 10.1. The molecule has 0 saturated carbocycles. The first-order chi connectivity index (χ1) is 38.9. The fourth-order valence-corrected chi connectivity index (χ4v) is 9.42. The van der Waals surface area contributed by atoms with Gasteiger partial charge in [0, 0.05) is 62.3 Å². The largest absolute Gasteiger partial charge is 0.494 e. The van der Waals surface area contributed by atoms with Gasteiger partial charge >= 0.3 is 0 Å². The van der Waals surface area contributed by atoms with Gasteiger partial charge in [-0.15, -0.1) is 0 Å². The monoisotopic (exact) mass is 1150 g/mol. The standard InChI is InChI=1S/C52H62N16O13S/c1-8-67-36(21-28(3)62-67)49(76)60-51-58-34-23-31(45(53)72)25-38(80-6)43(34)64(51)17-10-11-18-65-44-35(59-52(65)61-50(77)37-22-29(4)63-68(37)9-2)24-32(46(54)73)26-39(44)81-19-12-16-55-47(74)30(5)56-48(75)33(15-20-82(7,78)79)57-40(69)27-66-41(70)13-14-42(66)71/h10-11,13-14,21-26,30,33H,8-9,12,15-20,27H2,1-7H3,(H2,53,72)(H2,54,73)(H,55,74)(H,56,75)(H,57,69)(H,58,60,76)(H,59,61,77)/b11-10+/t30-,33-/m0/s1.